The molecule has 0 bridgehead atoms. The fourth-order valence-electron chi connectivity index (χ4n) is 9.44. The first-order chi connectivity index (χ1) is 32.6. The van der Waals surface area contributed by atoms with Gasteiger partial charge in [0.1, 0.15) is 31.3 Å². The van der Waals surface area contributed by atoms with Crippen molar-refractivity contribution in [1.29, 1.82) is 0 Å². The van der Waals surface area contributed by atoms with Gasteiger partial charge in [-0.3, -0.25) is 14.4 Å². The molecule has 0 fully saturated rings. The van der Waals surface area contributed by atoms with E-state index >= 15 is 0 Å². The normalized spacial score (nSPS) is 17.8. The molecule has 71 heavy (non-hydrogen) atoms. The van der Waals surface area contributed by atoms with Crippen LogP contribution in [0.1, 0.15) is 165 Å². The quantitative estimate of drug-likeness (QED) is 0.0693. The summed E-state index contributed by atoms with van der Waals surface area (Å²) in [5.41, 5.74) is 12.9. The summed E-state index contributed by atoms with van der Waals surface area (Å²) in [6.07, 6.45) is 6.28. The third kappa shape index (κ3) is 18.3. The Labute approximate surface area is 547 Å². The van der Waals surface area contributed by atoms with Crippen LogP contribution >= 0.6 is 15.9 Å². The van der Waals surface area contributed by atoms with Crippen LogP contribution in [0, 0.1) is 0 Å². The maximum atomic E-state index is 11.3. The molecule has 8 rings (SSSR count). The number of carboxylic acid groups (broad SMARTS) is 2. The molecule has 16 heteroatoms. The maximum Gasteiger partial charge on any atom is 1.00 e. The van der Waals surface area contributed by atoms with E-state index in [0.717, 1.165) is 33.6 Å². The summed E-state index contributed by atoms with van der Waals surface area (Å²) in [6.45, 7) is 20.2. The Kier molecular flexibility index (Phi) is 26.0. The average molecular weight is 1280 g/mol. The number of rotatable bonds is 13. The van der Waals surface area contributed by atoms with Gasteiger partial charge in [0, 0.05) is 30.0 Å². The zero-order valence-electron chi connectivity index (χ0n) is 44.2. The summed E-state index contributed by atoms with van der Waals surface area (Å²) < 4.78 is 6.07. The molecule has 0 radical (unpaired) electrons. The summed E-state index contributed by atoms with van der Waals surface area (Å²) in [5.74, 6) is -1.34. The van der Waals surface area contributed by atoms with Crippen LogP contribution in [-0.2, 0) is 62.5 Å². The topological polar surface area (TPSA) is 197 Å². The fraction of sp³-hybridized carbons (Fsp3) is 0.473. The molecule has 3 N–H and O–H groups in total. The standard InChI is InChI=1S/C27H33NO4.C15H21Br.C12H13NO4.CH2O3.2Cs.H/c1-26(2)12-13-27(3,4)23-15-18(5-10-22(23)26)17-31-20-8-6-19(7-9-20)21(16-25(29)30)24-11-14-32-28-24;1-14(2)7-8-15(3,4)13-9-11(10-16)5-6-12(13)14;14-9-3-1-8(2-4-9)10(7-12(15)16)11-5-6-17-13-11;2-1-4-3;;;/h5-10,15,21H,11-14,16-17H2,1-4H3,(H,29,30);5-6,9H,7-8,10H2,1-4H3;1-4,10,14H,5-7H2,(H,15,16);1,3H;;;/q;;;;2*+1;-1/p-1. The van der Waals surface area contributed by atoms with Crippen LogP contribution in [0.5, 0.6) is 11.5 Å². The minimum atomic E-state index is -0.877. The van der Waals surface area contributed by atoms with E-state index in [4.69, 9.17) is 29.6 Å². The molecule has 0 amide bonds. The van der Waals surface area contributed by atoms with E-state index < -0.39 is 11.9 Å². The van der Waals surface area contributed by atoms with Gasteiger partial charge in [-0.15, -0.1) is 0 Å². The van der Waals surface area contributed by atoms with Crippen LogP contribution in [0.2, 0.25) is 0 Å². The number of hydrogen-bond acceptors (Lipinski definition) is 11. The summed E-state index contributed by atoms with van der Waals surface area (Å²) in [6, 6.07) is 28.0. The van der Waals surface area contributed by atoms with Crippen molar-refractivity contribution in [2.24, 2.45) is 10.3 Å². The number of carbonyl (C=O) groups excluding carboxylic acids is 1. The second kappa shape index (κ2) is 29.0. The Morgan fingerprint density at radius 2 is 1.04 bits per heavy atom. The number of oxime groups is 2. The summed E-state index contributed by atoms with van der Waals surface area (Å²) in [5, 5.41) is 44.7. The summed E-state index contributed by atoms with van der Waals surface area (Å²) in [4.78, 5) is 43.4. The number of aliphatic carboxylic acids is 2. The number of carboxylic acids is 2. The maximum absolute atomic E-state index is 11.3. The largest absolute Gasteiger partial charge is 1.00 e. The fourth-order valence-corrected chi connectivity index (χ4v) is 9.79. The number of halogens is 1. The van der Waals surface area contributed by atoms with E-state index in [1.165, 1.54) is 47.9 Å². The first-order valence-electron chi connectivity index (χ1n) is 23.5. The molecule has 2 heterocycles. The summed E-state index contributed by atoms with van der Waals surface area (Å²) in [7, 11) is 0. The number of benzene rings is 4. The van der Waals surface area contributed by atoms with E-state index in [0.29, 0.717) is 43.5 Å². The molecule has 4 aromatic carbocycles. The van der Waals surface area contributed by atoms with E-state index in [1.54, 1.807) is 35.4 Å². The minimum absolute atomic E-state index is 0. The Bertz CT molecular complexity index is 2460. The number of carbonyl (C=O) groups is 3. The van der Waals surface area contributed by atoms with Crippen molar-refractivity contribution in [3.63, 3.8) is 0 Å². The van der Waals surface area contributed by atoms with Gasteiger partial charge < -0.3 is 41.3 Å². The smallest absolute Gasteiger partial charge is 1.00 e. The van der Waals surface area contributed by atoms with Crippen molar-refractivity contribution in [3.05, 3.63) is 129 Å². The van der Waals surface area contributed by atoms with Crippen molar-refractivity contribution in [2.45, 2.75) is 152 Å². The summed E-state index contributed by atoms with van der Waals surface area (Å²) >= 11 is 3.55. The Hall–Kier alpha value is -1.63. The first-order valence-corrected chi connectivity index (χ1v) is 24.6. The van der Waals surface area contributed by atoms with Crippen molar-refractivity contribution in [1.82, 2.24) is 0 Å². The van der Waals surface area contributed by atoms with Crippen LogP contribution in [0.3, 0.4) is 0 Å². The molecule has 4 aromatic rings. The van der Waals surface area contributed by atoms with Crippen LogP contribution < -0.4 is 148 Å². The number of phenolic OH excluding ortho intramolecular Hbond substituents is 1. The van der Waals surface area contributed by atoms with E-state index in [9.17, 15) is 19.8 Å². The van der Waals surface area contributed by atoms with E-state index in [1.807, 2.05) is 24.3 Å². The number of phenols is 1. The van der Waals surface area contributed by atoms with E-state index in [2.05, 4.69) is 123 Å². The van der Waals surface area contributed by atoms with Crippen molar-refractivity contribution in [2.75, 3.05) is 13.2 Å². The van der Waals surface area contributed by atoms with E-state index in [-0.39, 0.29) is 187 Å². The molecule has 13 nitrogen and oxygen atoms in total. The molecule has 0 saturated heterocycles. The number of fused-ring (bicyclic) bond motifs is 2. The first kappa shape index (κ1) is 63.7. The SMILES string of the molecule is CC1(C)CCC(C)(C)c2cc(CBr)ccc21.CC1(C)CCC(C)(C)c2cc(COc3ccc(C(CC(=O)O)C4=NOCC4)cc3)ccc21.O=C(O)CC(C1=NOCC1)c1ccc(O)cc1.O=CO[O-].[Cs+].[Cs+].[H-]. The van der Waals surface area contributed by atoms with Gasteiger partial charge in [-0.05, 0) is 116 Å². The molecule has 4 aliphatic rings. The Morgan fingerprint density at radius 1 is 0.662 bits per heavy atom. The molecule has 2 atom stereocenters. The third-order valence-corrected chi connectivity index (χ3v) is 14.5. The molecule has 0 saturated carbocycles. The zero-order valence-corrected chi connectivity index (χ0v) is 57.3. The zero-order chi connectivity index (χ0) is 50.6. The number of aromatic hydroxyl groups is 1. The predicted molar refractivity (Wildman–Crippen MR) is 269 cm³/mol. The molecule has 0 aromatic heterocycles. The van der Waals surface area contributed by atoms with Crippen molar-refractivity contribution < 1.29 is 193 Å². The molecular formula is C55H69BrCs2N2O11. The number of ether oxygens (including phenoxy) is 1. The van der Waals surface area contributed by atoms with Crippen LogP contribution in [0.4, 0.5) is 0 Å². The second-order valence-electron chi connectivity index (χ2n) is 20.7. The third-order valence-electron chi connectivity index (χ3n) is 13.8. The number of hydrogen-bond donors (Lipinski definition) is 3. The number of nitrogens with zero attached hydrogens (tertiary/aromatic N) is 2. The molecule has 374 valence electrons. The van der Waals surface area contributed by atoms with Gasteiger partial charge in [-0.25, -0.2) is 0 Å². The van der Waals surface area contributed by atoms with Crippen molar-refractivity contribution in [3.8, 4) is 11.5 Å². The molecule has 0 spiro atoms. The average Bonchev–Trinajstić information content (AvgIpc) is 4.07. The van der Waals surface area contributed by atoms with Gasteiger partial charge >= 0.3 is 150 Å². The second-order valence-corrected chi connectivity index (χ2v) is 21.3. The Balaban J connectivity index is 0.000000377. The van der Waals surface area contributed by atoms with Gasteiger partial charge in [0.2, 0.25) is 0 Å². The molecule has 2 unspecified atom stereocenters. The molecule has 2 aliphatic heterocycles. The van der Waals surface area contributed by atoms with Crippen LogP contribution in [0.25, 0.3) is 0 Å². The van der Waals surface area contributed by atoms with Crippen molar-refractivity contribution >= 4 is 45.8 Å². The van der Waals surface area contributed by atoms with Gasteiger partial charge in [-0.1, -0.05) is 142 Å². The van der Waals surface area contributed by atoms with Gasteiger partial charge in [-0.2, -0.15) is 0 Å². The predicted octanol–water partition coefficient (Wildman–Crippen LogP) is 5.16. The minimum Gasteiger partial charge on any atom is -1.00 e. The molecule has 2 aliphatic carbocycles. The Morgan fingerprint density at radius 3 is 1.41 bits per heavy atom. The monoisotopic (exact) mass is 1280 g/mol. The van der Waals surface area contributed by atoms with Crippen LogP contribution in [-0.4, -0.2) is 58.4 Å². The number of alkyl halides is 1. The van der Waals surface area contributed by atoms with Gasteiger partial charge in [0.25, 0.3) is 6.47 Å². The van der Waals surface area contributed by atoms with Gasteiger partial charge in [0.05, 0.1) is 24.3 Å². The van der Waals surface area contributed by atoms with Gasteiger partial charge in [0.15, 0.2) is 0 Å². The molecular weight excluding hydrogens is 1210 g/mol. The van der Waals surface area contributed by atoms with Crippen LogP contribution in [0.15, 0.2) is 95.2 Å².